The SMILES string of the molecule is COc1ccc(S(=O)(=O)N[C@H](CC(C)C)C(=O)Nc2ccc(Cl)cc2)cc1. The molecule has 0 heterocycles. The minimum Gasteiger partial charge on any atom is -0.497 e. The molecule has 0 aliphatic heterocycles. The van der Waals surface area contributed by atoms with Crippen LogP contribution in [-0.2, 0) is 14.8 Å². The second-order valence-electron chi connectivity index (χ2n) is 6.48. The quantitative estimate of drug-likeness (QED) is 0.695. The lowest BCUT2D eigenvalue weighted by molar-refractivity contribution is -0.118. The molecular weight excluding hydrogens is 388 g/mol. The second kappa shape index (κ2) is 9.21. The van der Waals surface area contributed by atoms with Crippen molar-refractivity contribution in [1.82, 2.24) is 4.72 Å². The molecule has 2 rings (SSSR count). The molecule has 0 aliphatic carbocycles. The van der Waals surface area contributed by atoms with Crippen LogP contribution in [0.2, 0.25) is 5.02 Å². The molecule has 0 saturated carbocycles. The minimum atomic E-state index is -3.86. The summed E-state index contributed by atoms with van der Waals surface area (Å²) in [5, 5.41) is 3.27. The summed E-state index contributed by atoms with van der Waals surface area (Å²) < 4.78 is 32.9. The van der Waals surface area contributed by atoms with Gasteiger partial charge in [-0.1, -0.05) is 25.4 Å². The monoisotopic (exact) mass is 410 g/mol. The summed E-state index contributed by atoms with van der Waals surface area (Å²) >= 11 is 5.84. The number of hydrogen-bond acceptors (Lipinski definition) is 4. The molecule has 2 aromatic rings. The van der Waals surface area contributed by atoms with E-state index in [2.05, 4.69) is 10.0 Å². The van der Waals surface area contributed by atoms with Crippen molar-refractivity contribution in [2.24, 2.45) is 5.92 Å². The highest BCUT2D eigenvalue weighted by atomic mass is 35.5. The van der Waals surface area contributed by atoms with Crippen molar-refractivity contribution >= 4 is 33.2 Å². The summed E-state index contributed by atoms with van der Waals surface area (Å²) in [7, 11) is -2.36. The number of benzene rings is 2. The molecule has 0 saturated heterocycles. The van der Waals surface area contributed by atoms with Gasteiger partial charge in [-0.3, -0.25) is 4.79 Å². The molecule has 1 amide bonds. The Hall–Kier alpha value is -2.09. The lowest BCUT2D eigenvalue weighted by Crippen LogP contribution is -2.44. The number of halogens is 1. The van der Waals surface area contributed by atoms with E-state index in [0.717, 1.165) is 0 Å². The van der Waals surface area contributed by atoms with Gasteiger partial charge in [0.25, 0.3) is 0 Å². The largest absolute Gasteiger partial charge is 0.497 e. The summed E-state index contributed by atoms with van der Waals surface area (Å²) in [4.78, 5) is 12.7. The van der Waals surface area contributed by atoms with E-state index in [9.17, 15) is 13.2 Å². The van der Waals surface area contributed by atoms with Crippen LogP contribution in [0, 0.1) is 5.92 Å². The van der Waals surface area contributed by atoms with Gasteiger partial charge < -0.3 is 10.1 Å². The van der Waals surface area contributed by atoms with Crippen molar-refractivity contribution in [3.8, 4) is 5.75 Å². The van der Waals surface area contributed by atoms with Gasteiger partial charge in [0.1, 0.15) is 11.8 Å². The van der Waals surface area contributed by atoms with Crippen molar-refractivity contribution in [2.45, 2.75) is 31.2 Å². The summed E-state index contributed by atoms with van der Waals surface area (Å²) in [6.07, 6.45) is 0.356. The number of nitrogens with one attached hydrogen (secondary N) is 2. The average molecular weight is 411 g/mol. The van der Waals surface area contributed by atoms with Gasteiger partial charge >= 0.3 is 0 Å². The van der Waals surface area contributed by atoms with E-state index in [4.69, 9.17) is 16.3 Å². The van der Waals surface area contributed by atoms with Crippen molar-refractivity contribution < 1.29 is 17.9 Å². The number of methoxy groups -OCH3 is 1. The van der Waals surface area contributed by atoms with Crippen molar-refractivity contribution in [3.63, 3.8) is 0 Å². The molecule has 0 aromatic heterocycles. The third-order valence-electron chi connectivity index (χ3n) is 3.80. The Morgan fingerprint density at radius 2 is 1.67 bits per heavy atom. The minimum absolute atomic E-state index is 0.0661. The molecule has 8 heteroatoms. The van der Waals surface area contributed by atoms with Gasteiger partial charge in [0.2, 0.25) is 15.9 Å². The van der Waals surface area contributed by atoms with E-state index < -0.39 is 22.0 Å². The fraction of sp³-hybridized carbons (Fsp3) is 0.316. The van der Waals surface area contributed by atoms with E-state index >= 15 is 0 Å². The van der Waals surface area contributed by atoms with Gasteiger partial charge in [-0.25, -0.2) is 8.42 Å². The van der Waals surface area contributed by atoms with E-state index in [1.54, 1.807) is 36.4 Å². The molecule has 2 N–H and O–H groups in total. The summed E-state index contributed by atoms with van der Waals surface area (Å²) in [5.41, 5.74) is 0.543. The van der Waals surface area contributed by atoms with Crippen LogP contribution in [0.3, 0.4) is 0 Å². The predicted octanol–water partition coefficient (Wildman–Crippen LogP) is 3.68. The Balaban J connectivity index is 2.18. The molecule has 27 heavy (non-hydrogen) atoms. The van der Waals surface area contributed by atoms with Crippen molar-refractivity contribution in [1.29, 1.82) is 0 Å². The number of carbonyl (C=O) groups is 1. The molecule has 2 aromatic carbocycles. The highest BCUT2D eigenvalue weighted by molar-refractivity contribution is 7.89. The molecule has 1 atom stereocenters. The van der Waals surface area contributed by atoms with Crippen LogP contribution in [0.4, 0.5) is 5.69 Å². The number of anilines is 1. The number of carbonyl (C=O) groups excluding carboxylic acids is 1. The fourth-order valence-electron chi connectivity index (χ4n) is 2.45. The number of sulfonamides is 1. The molecular formula is C19H23ClN2O4S. The lowest BCUT2D eigenvalue weighted by atomic mass is 10.0. The number of amides is 1. The number of hydrogen-bond donors (Lipinski definition) is 2. The van der Waals surface area contributed by atoms with Gasteiger partial charge in [-0.15, -0.1) is 0 Å². The van der Waals surface area contributed by atoms with Gasteiger partial charge in [-0.05, 0) is 60.9 Å². The van der Waals surface area contributed by atoms with Crippen LogP contribution in [0.5, 0.6) is 5.75 Å². The Morgan fingerprint density at radius 3 is 2.19 bits per heavy atom. The third kappa shape index (κ3) is 6.23. The molecule has 0 spiro atoms. The van der Waals surface area contributed by atoms with Gasteiger partial charge in [0.05, 0.1) is 12.0 Å². The Labute approximate surface area is 164 Å². The summed E-state index contributed by atoms with van der Waals surface area (Å²) in [6.45, 7) is 3.84. The zero-order valence-corrected chi connectivity index (χ0v) is 17.0. The van der Waals surface area contributed by atoms with Crippen LogP contribution >= 0.6 is 11.6 Å². The molecule has 146 valence electrons. The van der Waals surface area contributed by atoms with Crippen molar-refractivity contribution in [3.05, 3.63) is 53.6 Å². The van der Waals surface area contributed by atoms with Gasteiger partial charge in [0, 0.05) is 10.7 Å². The number of rotatable bonds is 8. The first-order chi connectivity index (χ1) is 12.7. The smallest absolute Gasteiger partial charge is 0.242 e. The maximum absolute atomic E-state index is 12.7. The van der Waals surface area contributed by atoms with Crippen LogP contribution in [0.1, 0.15) is 20.3 Å². The van der Waals surface area contributed by atoms with Gasteiger partial charge in [0.15, 0.2) is 0 Å². The standard InChI is InChI=1S/C19H23ClN2O4S/c1-13(2)12-18(19(23)21-15-6-4-14(20)5-7-15)22-27(24,25)17-10-8-16(26-3)9-11-17/h4-11,13,18,22H,12H2,1-3H3,(H,21,23)/t18-/m1/s1. The highest BCUT2D eigenvalue weighted by Crippen LogP contribution is 2.18. The maximum Gasteiger partial charge on any atom is 0.242 e. The van der Waals surface area contributed by atoms with Crippen LogP contribution in [-0.4, -0.2) is 27.5 Å². The Morgan fingerprint density at radius 1 is 1.07 bits per heavy atom. The zero-order valence-electron chi connectivity index (χ0n) is 15.4. The first kappa shape index (κ1) is 21.2. The normalized spacial score (nSPS) is 12.6. The first-order valence-electron chi connectivity index (χ1n) is 8.44. The average Bonchev–Trinajstić information content (AvgIpc) is 2.62. The van der Waals surface area contributed by atoms with E-state index in [1.807, 2.05) is 13.8 Å². The first-order valence-corrected chi connectivity index (χ1v) is 10.3. The molecule has 6 nitrogen and oxygen atoms in total. The second-order valence-corrected chi connectivity index (χ2v) is 8.63. The number of ether oxygens (including phenoxy) is 1. The van der Waals surface area contributed by atoms with Crippen LogP contribution in [0.25, 0.3) is 0 Å². The maximum atomic E-state index is 12.7. The molecule has 0 fully saturated rings. The van der Waals surface area contributed by atoms with E-state index in [1.165, 1.54) is 19.2 Å². The third-order valence-corrected chi connectivity index (χ3v) is 5.54. The van der Waals surface area contributed by atoms with Crippen LogP contribution < -0.4 is 14.8 Å². The van der Waals surface area contributed by atoms with Gasteiger partial charge in [-0.2, -0.15) is 4.72 Å². The molecule has 0 bridgehead atoms. The van der Waals surface area contributed by atoms with E-state index in [0.29, 0.717) is 22.9 Å². The Kier molecular flexibility index (Phi) is 7.24. The summed E-state index contributed by atoms with van der Waals surface area (Å²) in [5.74, 6) is 0.237. The summed E-state index contributed by atoms with van der Waals surface area (Å²) in [6, 6.07) is 11.7. The lowest BCUT2D eigenvalue weighted by Gasteiger charge is -2.20. The van der Waals surface area contributed by atoms with Crippen LogP contribution in [0.15, 0.2) is 53.4 Å². The molecule has 0 radical (unpaired) electrons. The molecule has 0 unspecified atom stereocenters. The predicted molar refractivity (Wildman–Crippen MR) is 107 cm³/mol. The van der Waals surface area contributed by atoms with Crippen molar-refractivity contribution in [2.75, 3.05) is 12.4 Å². The fourth-order valence-corrected chi connectivity index (χ4v) is 3.79. The topological polar surface area (TPSA) is 84.5 Å². The highest BCUT2D eigenvalue weighted by Gasteiger charge is 2.26. The Bertz CT molecular complexity index is 866. The zero-order chi connectivity index (χ0) is 20.0. The molecule has 0 aliphatic rings. The van der Waals surface area contributed by atoms with E-state index in [-0.39, 0.29) is 10.8 Å².